The normalized spacial score (nSPS) is 23.8. The zero-order valence-electron chi connectivity index (χ0n) is 11.0. The topological polar surface area (TPSA) is 58.6 Å². The lowest BCUT2D eigenvalue weighted by molar-refractivity contribution is -0.150. The average Bonchev–Trinajstić information content (AvgIpc) is 2.70. The molecule has 1 amide bonds. The van der Waals surface area contributed by atoms with Gasteiger partial charge in [-0.25, -0.2) is 0 Å². The summed E-state index contributed by atoms with van der Waals surface area (Å²) < 4.78 is 4.62. The van der Waals surface area contributed by atoms with E-state index in [1.54, 1.807) is 4.90 Å². The van der Waals surface area contributed by atoms with Crippen LogP contribution < -0.4 is 5.32 Å². The van der Waals surface area contributed by atoms with E-state index in [0.717, 1.165) is 13.0 Å². The van der Waals surface area contributed by atoms with E-state index < -0.39 is 0 Å². The summed E-state index contributed by atoms with van der Waals surface area (Å²) in [5, 5.41) is 3.25. The maximum Gasteiger partial charge on any atom is 0.325 e. The summed E-state index contributed by atoms with van der Waals surface area (Å²) in [4.78, 5) is 25.2. The molecule has 0 aromatic rings. The predicted molar refractivity (Wildman–Crippen MR) is 64.4 cm³/mol. The highest BCUT2D eigenvalue weighted by molar-refractivity contribution is 5.84. The molecule has 0 aromatic heterocycles. The number of carbonyl (C=O) groups is 2. The van der Waals surface area contributed by atoms with Gasteiger partial charge in [0.1, 0.15) is 6.54 Å². The summed E-state index contributed by atoms with van der Waals surface area (Å²) in [6.45, 7) is 6.73. The predicted octanol–water partition coefficient (Wildman–Crippen LogP) is 0.394. The molecule has 0 radical (unpaired) electrons. The Morgan fingerprint density at radius 1 is 1.47 bits per heavy atom. The fraction of sp³-hybridized carbons (Fsp3) is 0.833. The third kappa shape index (κ3) is 3.43. The number of esters is 1. The van der Waals surface area contributed by atoms with Gasteiger partial charge in [-0.05, 0) is 33.7 Å². The zero-order valence-corrected chi connectivity index (χ0v) is 11.0. The molecule has 5 heteroatoms. The fourth-order valence-corrected chi connectivity index (χ4v) is 2.13. The highest BCUT2D eigenvalue weighted by Crippen LogP contribution is 2.19. The molecule has 2 atom stereocenters. The van der Waals surface area contributed by atoms with Gasteiger partial charge in [-0.2, -0.15) is 0 Å². The van der Waals surface area contributed by atoms with Gasteiger partial charge in [-0.1, -0.05) is 0 Å². The molecule has 0 bridgehead atoms. The summed E-state index contributed by atoms with van der Waals surface area (Å²) in [7, 11) is 1.34. The van der Waals surface area contributed by atoms with E-state index in [0.29, 0.717) is 0 Å². The molecule has 1 rings (SSSR count). The first-order valence-corrected chi connectivity index (χ1v) is 6.08. The van der Waals surface area contributed by atoms with Crippen LogP contribution in [0.3, 0.4) is 0 Å². The third-order valence-corrected chi connectivity index (χ3v) is 3.28. The Morgan fingerprint density at radius 2 is 2.12 bits per heavy atom. The Bertz CT molecular complexity index is 291. The highest BCUT2D eigenvalue weighted by atomic mass is 16.5. The molecule has 1 fully saturated rings. The van der Waals surface area contributed by atoms with Crippen LogP contribution in [-0.2, 0) is 14.3 Å². The van der Waals surface area contributed by atoms with Gasteiger partial charge < -0.3 is 15.0 Å². The van der Waals surface area contributed by atoms with Gasteiger partial charge in [0.2, 0.25) is 5.91 Å². The van der Waals surface area contributed by atoms with Crippen molar-refractivity contribution < 1.29 is 14.3 Å². The lowest BCUT2D eigenvalue weighted by Gasteiger charge is -2.29. The number of nitrogens with one attached hydrogen (secondary N) is 1. The van der Waals surface area contributed by atoms with Crippen molar-refractivity contribution in [1.29, 1.82) is 0 Å². The average molecular weight is 242 g/mol. The molecule has 1 N–H and O–H groups in total. The summed E-state index contributed by atoms with van der Waals surface area (Å²) in [5.41, 5.74) is 0. The largest absolute Gasteiger partial charge is 0.468 e. The van der Waals surface area contributed by atoms with E-state index in [-0.39, 0.29) is 36.4 Å². The van der Waals surface area contributed by atoms with E-state index in [2.05, 4.69) is 10.1 Å². The first-order valence-electron chi connectivity index (χ1n) is 6.08. The molecule has 0 saturated carbocycles. The van der Waals surface area contributed by atoms with Crippen LogP contribution in [0.15, 0.2) is 0 Å². The second-order valence-electron chi connectivity index (χ2n) is 4.77. The maximum atomic E-state index is 12.3. The SMILES string of the molecule is COC(=O)CN(C(=O)C1CCNC1C)C(C)C. The second-order valence-corrected chi connectivity index (χ2v) is 4.77. The molecule has 1 heterocycles. The van der Waals surface area contributed by atoms with Gasteiger partial charge in [-0.15, -0.1) is 0 Å². The standard InChI is InChI=1S/C12H22N2O3/c1-8(2)14(7-11(15)17-4)12(16)10-5-6-13-9(10)3/h8-10,13H,5-7H2,1-4H3. The van der Waals surface area contributed by atoms with E-state index in [1.165, 1.54) is 7.11 Å². The Labute approximate surface area is 102 Å². The van der Waals surface area contributed by atoms with Gasteiger partial charge in [0.05, 0.1) is 13.0 Å². The van der Waals surface area contributed by atoms with Crippen molar-refractivity contribution in [2.24, 2.45) is 5.92 Å². The van der Waals surface area contributed by atoms with Gasteiger partial charge in [0, 0.05) is 12.1 Å². The summed E-state index contributed by atoms with van der Waals surface area (Å²) >= 11 is 0. The number of methoxy groups -OCH3 is 1. The molecule has 2 unspecified atom stereocenters. The van der Waals surface area contributed by atoms with Crippen LogP contribution in [0.1, 0.15) is 27.2 Å². The molecule has 1 aliphatic rings. The van der Waals surface area contributed by atoms with Crippen LogP contribution in [0.2, 0.25) is 0 Å². The highest BCUT2D eigenvalue weighted by Gasteiger charge is 2.34. The van der Waals surface area contributed by atoms with Crippen LogP contribution in [0.25, 0.3) is 0 Å². The van der Waals surface area contributed by atoms with Crippen LogP contribution in [0.4, 0.5) is 0 Å². The number of carbonyl (C=O) groups excluding carboxylic acids is 2. The smallest absolute Gasteiger partial charge is 0.325 e. The van der Waals surface area contributed by atoms with E-state index in [9.17, 15) is 9.59 Å². The molecule has 98 valence electrons. The van der Waals surface area contributed by atoms with E-state index in [4.69, 9.17) is 0 Å². The molecule has 0 aliphatic carbocycles. The maximum absolute atomic E-state index is 12.3. The summed E-state index contributed by atoms with van der Waals surface area (Å²) in [6.07, 6.45) is 0.838. The molecule has 0 aromatic carbocycles. The minimum atomic E-state index is -0.370. The van der Waals surface area contributed by atoms with Crippen molar-refractivity contribution in [2.75, 3.05) is 20.2 Å². The number of nitrogens with zero attached hydrogens (tertiary/aromatic N) is 1. The molecule has 17 heavy (non-hydrogen) atoms. The van der Waals surface area contributed by atoms with Crippen LogP contribution in [-0.4, -0.2) is 49.1 Å². The Balaban J connectivity index is 2.69. The number of amides is 1. The number of rotatable bonds is 4. The fourth-order valence-electron chi connectivity index (χ4n) is 2.13. The van der Waals surface area contributed by atoms with Crippen molar-refractivity contribution in [2.45, 2.75) is 39.3 Å². The molecule has 5 nitrogen and oxygen atoms in total. The van der Waals surface area contributed by atoms with Crippen molar-refractivity contribution in [3.63, 3.8) is 0 Å². The van der Waals surface area contributed by atoms with E-state index >= 15 is 0 Å². The quantitative estimate of drug-likeness (QED) is 0.725. The van der Waals surface area contributed by atoms with E-state index in [1.807, 2.05) is 20.8 Å². The Hall–Kier alpha value is -1.10. The molecule has 1 aliphatic heterocycles. The first kappa shape index (κ1) is 14.0. The monoisotopic (exact) mass is 242 g/mol. The Morgan fingerprint density at radius 3 is 2.53 bits per heavy atom. The lowest BCUT2D eigenvalue weighted by Crippen LogP contribution is -2.46. The van der Waals surface area contributed by atoms with Crippen molar-refractivity contribution in [3.05, 3.63) is 0 Å². The minimum absolute atomic E-state index is 0.00870. The molecular weight excluding hydrogens is 220 g/mol. The third-order valence-electron chi connectivity index (χ3n) is 3.28. The molecule has 0 spiro atoms. The Kier molecular flexibility index (Phi) is 4.93. The number of ether oxygens (including phenoxy) is 1. The van der Waals surface area contributed by atoms with Gasteiger partial charge in [-0.3, -0.25) is 9.59 Å². The number of hydrogen-bond acceptors (Lipinski definition) is 4. The van der Waals surface area contributed by atoms with Gasteiger partial charge in [0.25, 0.3) is 0 Å². The molecule has 1 saturated heterocycles. The first-order chi connectivity index (χ1) is 7.97. The van der Waals surface area contributed by atoms with Crippen LogP contribution in [0.5, 0.6) is 0 Å². The second kappa shape index (κ2) is 6.00. The van der Waals surface area contributed by atoms with Crippen molar-refractivity contribution in [3.8, 4) is 0 Å². The van der Waals surface area contributed by atoms with Crippen molar-refractivity contribution in [1.82, 2.24) is 10.2 Å². The number of hydrogen-bond donors (Lipinski definition) is 1. The van der Waals surface area contributed by atoms with Gasteiger partial charge >= 0.3 is 5.97 Å². The summed E-state index contributed by atoms with van der Waals surface area (Å²) in [6, 6.07) is 0.191. The molecular formula is C12H22N2O3. The lowest BCUT2D eigenvalue weighted by atomic mass is 9.99. The van der Waals surface area contributed by atoms with Crippen LogP contribution in [0, 0.1) is 5.92 Å². The zero-order chi connectivity index (χ0) is 13.0. The summed E-state index contributed by atoms with van der Waals surface area (Å²) in [5.74, 6) is -0.351. The van der Waals surface area contributed by atoms with Gasteiger partial charge in [0.15, 0.2) is 0 Å². The van der Waals surface area contributed by atoms with Crippen LogP contribution >= 0.6 is 0 Å². The van der Waals surface area contributed by atoms with Crippen molar-refractivity contribution >= 4 is 11.9 Å². The minimum Gasteiger partial charge on any atom is -0.468 e.